The molecule has 2 heterocycles. The Morgan fingerprint density at radius 1 is 1.36 bits per heavy atom. The summed E-state index contributed by atoms with van der Waals surface area (Å²) in [6, 6.07) is 5.41. The van der Waals surface area contributed by atoms with Gasteiger partial charge in [-0.15, -0.1) is 0 Å². The molecule has 1 aliphatic rings. The molecule has 7 nitrogen and oxygen atoms in total. The Balaban J connectivity index is 1.94. The fourth-order valence-corrected chi connectivity index (χ4v) is 4.00. The minimum atomic E-state index is -0.818. The van der Waals surface area contributed by atoms with Crippen molar-refractivity contribution in [1.82, 2.24) is 9.88 Å². The number of hydrogen-bond acceptors (Lipinski definition) is 5. The van der Waals surface area contributed by atoms with Crippen LogP contribution in [0.5, 0.6) is 0 Å². The minimum absolute atomic E-state index is 0.0381. The number of carbonyl (C=O) groups is 2. The number of carbonyl (C=O) groups excluding carboxylic acids is 2. The standard InChI is InChI=1S/C17H21N3O4S/c1-5-18-14(21)12-9-19(15(22)24-12)10-6-7-11-13(8-10)25-16(23)20(11)17(2,3)4/h6-8,12H,5,9H2,1-4H3,(H,18,21)/t12-/m1/s1. The lowest BCUT2D eigenvalue weighted by atomic mass is 10.1. The van der Waals surface area contributed by atoms with E-state index < -0.39 is 12.2 Å². The van der Waals surface area contributed by atoms with E-state index in [1.807, 2.05) is 33.8 Å². The van der Waals surface area contributed by atoms with Crippen LogP contribution in [-0.4, -0.2) is 35.8 Å². The molecule has 1 saturated heterocycles. The van der Waals surface area contributed by atoms with Gasteiger partial charge in [-0.25, -0.2) is 4.79 Å². The molecular weight excluding hydrogens is 342 g/mol. The van der Waals surface area contributed by atoms with Gasteiger partial charge < -0.3 is 10.1 Å². The van der Waals surface area contributed by atoms with Gasteiger partial charge in [-0.3, -0.25) is 19.1 Å². The van der Waals surface area contributed by atoms with Gasteiger partial charge in [0.1, 0.15) is 0 Å². The summed E-state index contributed by atoms with van der Waals surface area (Å²) in [6.07, 6.45) is -1.38. The minimum Gasteiger partial charge on any atom is -0.434 e. The summed E-state index contributed by atoms with van der Waals surface area (Å²) < 4.78 is 7.69. The Kier molecular flexibility index (Phi) is 4.32. The van der Waals surface area contributed by atoms with Crippen molar-refractivity contribution in [3.8, 4) is 0 Å². The van der Waals surface area contributed by atoms with Crippen LogP contribution in [0.15, 0.2) is 23.0 Å². The first-order valence-electron chi connectivity index (χ1n) is 8.14. The third-order valence-electron chi connectivity index (χ3n) is 4.00. The van der Waals surface area contributed by atoms with Crippen LogP contribution in [0.2, 0.25) is 0 Å². The molecule has 1 N–H and O–H groups in total. The van der Waals surface area contributed by atoms with E-state index in [0.717, 1.165) is 21.6 Å². The zero-order chi connectivity index (χ0) is 18.4. The Morgan fingerprint density at radius 2 is 2.08 bits per heavy atom. The summed E-state index contributed by atoms with van der Waals surface area (Å²) in [4.78, 5) is 37.7. The first-order valence-corrected chi connectivity index (χ1v) is 8.96. The lowest BCUT2D eigenvalue weighted by molar-refractivity contribution is -0.127. The number of amides is 2. The highest BCUT2D eigenvalue weighted by Crippen LogP contribution is 2.30. The van der Waals surface area contributed by atoms with Crippen molar-refractivity contribution >= 4 is 39.2 Å². The van der Waals surface area contributed by atoms with Crippen molar-refractivity contribution in [3.05, 3.63) is 27.9 Å². The molecule has 3 rings (SSSR count). The van der Waals surface area contributed by atoms with E-state index in [-0.39, 0.29) is 22.9 Å². The third-order valence-corrected chi connectivity index (χ3v) is 4.91. The van der Waals surface area contributed by atoms with E-state index in [2.05, 4.69) is 5.32 Å². The molecule has 0 spiro atoms. The largest absolute Gasteiger partial charge is 0.434 e. The normalized spacial score (nSPS) is 17.8. The van der Waals surface area contributed by atoms with Gasteiger partial charge in [0.05, 0.1) is 16.8 Å². The number of nitrogens with zero attached hydrogens (tertiary/aromatic N) is 2. The molecule has 1 aromatic heterocycles. The van der Waals surface area contributed by atoms with Crippen LogP contribution >= 0.6 is 11.3 Å². The molecule has 8 heteroatoms. The third kappa shape index (κ3) is 3.13. The quantitative estimate of drug-likeness (QED) is 0.907. The number of ether oxygens (including phenoxy) is 1. The van der Waals surface area contributed by atoms with Crippen LogP contribution in [0, 0.1) is 0 Å². The number of likely N-dealkylation sites (N-methyl/N-ethyl adjacent to an activating group) is 1. The maximum Gasteiger partial charge on any atom is 0.415 e. The Morgan fingerprint density at radius 3 is 2.72 bits per heavy atom. The van der Waals surface area contributed by atoms with Crippen LogP contribution in [0.1, 0.15) is 27.7 Å². The highest BCUT2D eigenvalue weighted by molar-refractivity contribution is 7.16. The molecule has 25 heavy (non-hydrogen) atoms. The van der Waals surface area contributed by atoms with Gasteiger partial charge in [0, 0.05) is 17.8 Å². The van der Waals surface area contributed by atoms with Crippen molar-refractivity contribution in [2.75, 3.05) is 18.0 Å². The maximum atomic E-state index is 12.3. The second-order valence-corrected chi connectivity index (χ2v) is 7.90. The van der Waals surface area contributed by atoms with Crippen molar-refractivity contribution < 1.29 is 14.3 Å². The number of hydrogen-bond donors (Lipinski definition) is 1. The van der Waals surface area contributed by atoms with E-state index >= 15 is 0 Å². The van der Waals surface area contributed by atoms with Gasteiger partial charge >= 0.3 is 11.0 Å². The highest BCUT2D eigenvalue weighted by atomic mass is 32.1. The van der Waals surface area contributed by atoms with Gasteiger partial charge in [-0.05, 0) is 45.9 Å². The monoisotopic (exact) mass is 363 g/mol. The van der Waals surface area contributed by atoms with Gasteiger partial charge in [0.15, 0.2) is 6.10 Å². The summed E-state index contributed by atoms with van der Waals surface area (Å²) in [5, 5.41) is 2.65. The van der Waals surface area contributed by atoms with Crippen molar-refractivity contribution in [2.24, 2.45) is 0 Å². The Bertz CT molecular complexity index is 893. The number of aromatic nitrogens is 1. The predicted octanol–water partition coefficient (Wildman–Crippen LogP) is 2.28. The number of benzene rings is 1. The average Bonchev–Trinajstić information content (AvgIpc) is 3.05. The van der Waals surface area contributed by atoms with E-state index in [9.17, 15) is 14.4 Å². The molecule has 134 valence electrons. The van der Waals surface area contributed by atoms with Gasteiger partial charge in [-0.1, -0.05) is 11.3 Å². The summed E-state index contributed by atoms with van der Waals surface area (Å²) in [7, 11) is 0. The molecule has 0 bridgehead atoms. The zero-order valence-corrected chi connectivity index (χ0v) is 15.5. The van der Waals surface area contributed by atoms with Crippen LogP contribution in [0.25, 0.3) is 10.2 Å². The second-order valence-electron chi connectivity index (χ2n) is 6.90. The maximum absolute atomic E-state index is 12.3. The van der Waals surface area contributed by atoms with Gasteiger partial charge in [-0.2, -0.15) is 0 Å². The first-order chi connectivity index (χ1) is 11.7. The fourth-order valence-electron chi connectivity index (χ4n) is 2.91. The number of cyclic esters (lactones) is 1. The highest BCUT2D eigenvalue weighted by Gasteiger charge is 2.37. The summed E-state index contributed by atoms with van der Waals surface area (Å²) in [5.74, 6) is -0.303. The smallest absolute Gasteiger partial charge is 0.415 e. The van der Waals surface area contributed by atoms with Crippen molar-refractivity contribution in [2.45, 2.75) is 39.3 Å². The number of anilines is 1. The van der Waals surface area contributed by atoms with Crippen molar-refractivity contribution in [3.63, 3.8) is 0 Å². The van der Waals surface area contributed by atoms with Crippen LogP contribution in [0.4, 0.5) is 10.5 Å². The molecule has 0 aliphatic carbocycles. The lowest BCUT2D eigenvalue weighted by Crippen LogP contribution is -2.37. The van der Waals surface area contributed by atoms with Gasteiger partial charge in [0.2, 0.25) is 0 Å². The number of rotatable bonds is 3. The van der Waals surface area contributed by atoms with Crippen LogP contribution in [-0.2, 0) is 15.1 Å². The van der Waals surface area contributed by atoms with Crippen LogP contribution < -0.4 is 15.1 Å². The molecule has 1 aromatic carbocycles. The lowest BCUT2D eigenvalue weighted by Gasteiger charge is -2.21. The molecule has 0 saturated carbocycles. The van der Waals surface area contributed by atoms with E-state index in [1.165, 1.54) is 4.90 Å². The van der Waals surface area contributed by atoms with Gasteiger partial charge in [0.25, 0.3) is 5.91 Å². The molecule has 1 fully saturated rings. The molecule has 1 aliphatic heterocycles. The Hall–Kier alpha value is -2.35. The molecule has 2 aromatic rings. The summed E-state index contributed by atoms with van der Waals surface area (Å²) >= 11 is 1.14. The molecule has 0 radical (unpaired) electrons. The topological polar surface area (TPSA) is 80.6 Å². The number of fused-ring (bicyclic) bond motifs is 1. The number of thiazole rings is 1. The van der Waals surface area contributed by atoms with E-state index in [1.54, 1.807) is 16.7 Å². The summed E-state index contributed by atoms with van der Waals surface area (Å²) in [5.41, 5.74) is 1.12. The van der Waals surface area contributed by atoms with Crippen molar-refractivity contribution in [1.29, 1.82) is 0 Å². The average molecular weight is 363 g/mol. The van der Waals surface area contributed by atoms with Crippen LogP contribution in [0.3, 0.4) is 0 Å². The van der Waals surface area contributed by atoms with E-state index in [0.29, 0.717) is 12.2 Å². The SMILES string of the molecule is CCNC(=O)[C@H]1CN(c2ccc3c(c2)sc(=O)n3C(C)(C)C)C(=O)O1. The fraction of sp³-hybridized carbons (Fsp3) is 0.471. The summed E-state index contributed by atoms with van der Waals surface area (Å²) in [6.45, 7) is 8.37. The predicted molar refractivity (Wildman–Crippen MR) is 97.4 cm³/mol. The zero-order valence-electron chi connectivity index (χ0n) is 14.7. The second kappa shape index (κ2) is 6.18. The molecular formula is C17H21N3O4S. The molecule has 2 amide bonds. The first kappa shape index (κ1) is 17.5. The number of nitrogens with one attached hydrogen (secondary N) is 1. The Labute approximate surface area is 149 Å². The molecule has 0 unspecified atom stereocenters. The van der Waals surface area contributed by atoms with E-state index in [4.69, 9.17) is 4.74 Å². The molecule has 1 atom stereocenters.